The zero-order valence-corrected chi connectivity index (χ0v) is 16.3. The molecule has 0 heterocycles. The van der Waals surface area contributed by atoms with Crippen LogP contribution in [0.25, 0.3) is 0 Å². The number of amides is 1. The number of anilines is 1. The zero-order chi connectivity index (χ0) is 20.9. The van der Waals surface area contributed by atoms with Crippen LogP contribution in [0, 0.1) is 5.41 Å². The number of hydrogen-bond acceptors (Lipinski definition) is 5. The third-order valence-electron chi connectivity index (χ3n) is 4.04. The largest absolute Gasteiger partial charge is 0.451 e. The molecule has 0 aromatic heterocycles. The molecule has 28 heavy (non-hydrogen) atoms. The van der Waals surface area contributed by atoms with Crippen LogP contribution in [0.1, 0.15) is 58.8 Å². The van der Waals surface area contributed by atoms with Gasteiger partial charge in [-0.1, -0.05) is 32.9 Å². The maximum absolute atomic E-state index is 12.5. The van der Waals surface area contributed by atoms with Gasteiger partial charge in [0.1, 0.15) is 6.29 Å². The number of benzene rings is 2. The summed E-state index contributed by atoms with van der Waals surface area (Å²) >= 11 is 0. The van der Waals surface area contributed by atoms with Gasteiger partial charge in [-0.05, 0) is 43.3 Å². The normalized spacial score (nSPS) is 12.0. The minimum atomic E-state index is -0.978. The average Bonchev–Trinajstić information content (AvgIpc) is 2.67. The van der Waals surface area contributed by atoms with Crippen molar-refractivity contribution in [1.29, 1.82) is 0 Å². The molecular weight excluding hydrogens is 358 g/mol. The lowest BCUT2D eigenvalue weighted by molar-refractivity contribution is -0.123. The summed E-state index contributed by atoms with van der Waals surface area (Å²) in [6.07, 6.45) is -0.303. The molecule has 0 unspecified atom stereocenters. The minimum absolute atomic E-state index is 0.130. The van der Waals surface area contributed by atoms with E-state index in [0.29, 0.717) is 23.1 Å². The van der Waals surface area contributed by atoms with Gasteiger partial charge in [0.15, 0.2) is 6.10 Å². The monoisotopic (exact) mass is 381 g/mol. The maximum Gasteiger partial charge on any atom is 0.338 e. The van der Waals surface area contributed by atoms with Crippen LogP contribution in [0.15, 0.2) is 48.5 Å². The van der Waals surface area contributed by atoms with Gasteiger partial charge in [0.2, 0.25) is 11.7 Å². The van der Waals surface area contributed by atoms with E-state index in [-0.39, 0.29) is 17.3 Å². The lowest BCUT2D eigenvalue weighted by atomic mass is 9.95. The molecule has 0 radical (unpaired) electrons. The molecule has 0 aliphatic heterocycles. The summed E-state index contributed by atoms with van der Waals surface area (Å²) in [5, 5.41) is 2.78. The molecule has 0 saturated heterocycles. The highest BCUT2D eigenvalue weighted by Crippen LogP contribution is 2.18. The van der Waals surface area contributed by atoms with E-state index in [4.69, 9.17) is 4.74 Å². The van der Waals surface area contributed by atoms with Crippen molar-refractivity contribution in [3.63, 3.8) is 0 Å². The van der Waals surface area contributed by atoms with Crippen LogP contribution in [-0.4, -0.2) is 30.0 Å². The number of carbonyl (C=O) groups is 4. The number of ketones is 1. The van der Waals surface area contributed by atoms with Crippen molar-refractivity contribution in [3.8, 4) is 0 Å². The molecule has 0 fully saturated rings. The van der Waals surface area contributed by atoms with Crippen LogP contribution in [0.3, 0.4) is 0 Å². The molecule has 1 atom stereocenters. The lowest BCUT2D eigenvalue weighted by Crippen LogP contribution is -2.27. The van der Waals surface area contributed by atoms with Crippen LogP contribution in [0.2, 0.25) is 0 Å². The van der Waals surface area contributed by atoms with Crippen molar-refractivity contribution >= 4 is 29.6 Å². The number of carbonyl (C=O) groups excluding carboxylic acids is 4. The number of Topliss-reactive ketones (excluding diaryl/α,β-unsaturated/α-hetero) is 1. The minimum Gasteiger partial charge on any atom is -0.451 e. The first kappa shape index (κ1) is 21.0. The standard InChI is InChI=1S/C22H23NO5/c1-14(28-20(26)17-7-5-15(13-24)6-8-17)19(25)16-9-11-18(12-10-16)23-21(27)22(2,3)4/h5-14H,1-4H3,(H,23,27)/t14-/m1/s1. The molecule has 0 spiro atoms. The van der Waals surface area contributed by atoms with Gasteiger partial charge in [0, 0.05) is 22.2 Å². The van der Waals surface area contributed by atoms with E-state index >= 15 is 0 Å². The van der Waals surface area contributed by atoms with Crippen molar-refractivity contribution in [2.24, 2.45) is 5.41 Å². The molecule has 0 aliphatic rings. The third-order valence-corrected chi connectivity index (χ3v) is 4.04. The summed E-state index contributed by atoms with van der Waals surface area (Å²) in [6.45, 7) is 6.92. The van der Waals surface area contributed by atoms with Crippen molar-refractivity contribution in [1.82, 2.24) is 0 Å². The number of nitrogens with one attached hydrogen (secondary N) is 1. The predicted molar refractivity (Wildman–Crippen MR) is 106 cm³/mol. The molecule has 6 nitrogen and oxygen atoms in total. The number of esters is 1. The zero-order valence-electron chi connectivity index (χ0n) is 16.3. The van der Waals surface area contributed by atoms with E-state index in [0.717, 1.165) is 0 Å². The lowest BCUT2D eigenvalue weighted by Gasteiger charge is -2.18. The first-order valence-corrected chi connectivity index (χ1v) is 8.84. The van der Waals surface area contributed by atoms with Gasteiger partial charge in [0.05, 0.1) is 5.56 Å². The predicted octanol–water partition coefficient (Wildman–Crippen LogP) is 3.91. The third kappa shape index (κ3) is 5.36. The van der Waals surface area contributed by atoms with E-state index in [1.54, 1.807) is 24.3 Å². The molecular formula is C22H23NO5. The molecule has 0 aliphatic carbocycles. The molecule has 2 rings (SSSR count). The topological polar surface area (TPSA) is 89.5 Å². The quantitative estimate of drug-likeness (QED) is 0.465. The maximum atomic E-state index is 12.5. The van der Waals surface area contributed by atoms with Crippen molar-refractivity contribution in [2.75, 3.05) is 5.32 Å². The number of ether oxygens (including phenoxy) is 1. The van der Waals surface area contributed by atoms with Crippen molar-refractivity contribution in [2.45, 2.75) is 33.8 Å². The Morgan fingerprint density at radius 3 is 1.96 bits per heavy atom. The molecule has 146 valence electrons. The second-order valence-corrected chi connectivity index (χ2v) is 7.43. The molecule has 1 amide bonds. The van der Waals surface area contributed by atoms with Crippen molar-refractivity contribution < 1.29 is 23.9 Å². The first-order valence-electron chi connectivity index (χ1n) is 8.84. The van der Waals surface area contributed by atoms with Gasteiger partial charge in [-0.3, -0.25) is 14.4 Å². The summed E-state index contributed by atoms with van der Waals surface area (Å²) in [5.74, 6) is -1.13. The van der Waals surface area contributed by atoms with Crippen molar-refractivity contribution in [3.05, 3.63) is 65.2 Å². The summed E-state index contributed by atoms with van der Waals surface area (Å²) in [5.41, 5.74) is 1.12. The summed E-state index contributed by atoms with van der Waals surface area (Å²) in [6, 6.07) is 12.3. The molecule has 2 aromatic rings. The van der Waals surface area contributed by atoms with Gasteiger partial charge < -0.3 is 10.1 Å². The highest BCUT2D eigenvalue weighted by Gasteiger charge is 2.22. The Balaban J connectivity index is 2.01. The Morgan fingerprint density at radius 1 is 0.929 bits per heavy atom. The number of rotatable bonds is 6. The van der Waals surface area contributed by atoms with Crippen LogP contribution < -0.4 is 5.32 Å². The molecule has 0 bridgehead atoms. The smallest absolute Gasteiger partial charge is 0.338 e. The Bertz CT molecular complexity index is 877. The fraction of sp³-hybridized carbons (Fsp3) is 0.273. The van der Waals surface area contributed by atoms with E-state index < -0.39 is 17.5 Å². The highest BCUT2D eigenvalue weighted by atomic mass is 16.5. The van der Waals surface area contributed by atoms with Crippen LogP contribution >= 0.6 is 0 Å². The summed E-state index contributed by atoms with van der Waals surface area (Å²) in [4.78, 5) is 47.3. The fourth-order valence-corrected chi connectivity index (χ4v) is 2.25. The summed E-state index contributed by atoms with van der Waals surface area (Å²) < 4.78 is 5.22. The molecule has 2 aromatic carbocycles. The van der Waals surface area contributed by atoms with Crippen LogP contribution in [0.5, 0.6) is 0 Å². The van der Waals surface area contributed by atoms with E-state index in [9.17, 15) is 19.2 Å². The van der Waals surface area contributed by atoms with Gasteiger partial charge in [-0.25, -0.2) is 4.79 Å². The van der Waals surface area contributed by atoms with Gasteiger partial charge >= 0.3 is 5.97 Å². The van der Waals surface area contributed by atoms with Crippen LogP contribution in [0.4, 0.5) is 5.69 Å². The second kappa shape index (κ2) is 8.61. The Morgan fingerprint density at radius 2 is 1.46 bits per heavy atom. The van der Waals surface area contributed by atoms with E-state index in [1.165, 1.54) is 31.2 Å². The van der Waals surface area contributed by atoms with Gasteiger partial charge in [-0.15, -0.1) is 0 Å². The molecule has 1 N–H and O–H groups in total. The average molecular weight is 381 g/mol. The second-order valence-electron chi connectivity index (χ2n) is 7.43. The van der Waals surface area contributed by atoms with Crippen LogP contribution in [-0.2, 0) is 9.53 Å². The number of hydrogen-bond donors (Lipinski definition) is 1. The SMILES string of the molecule is C[C@@H](OC(=O)c1ccc(C=O)cc1)C(=O)c1ccc(NC(=O)C(C)(C)C)cc1. The first-order chi connectivity index (χ1) is 13.1. The van der Waals surface area contributed by atoms with Gasteiger partial charge in [0.25, 0.3) is 0 Å². The number of aldehydes is 1. The Hall–Kier alpha value is -3.28. The highest BCUT2D eigenvalue weighted by molar-refractivity contribution is 6.02. The molecule has 6 heteroatoms. The van der Waals surface area contributed by atoms with Gasteiger partial charge in [-0.2, -0.15) is 0 Å². The Labute approximate surface area is 163 Å². The van der Waals surface area contributed by atoms with E-state index in [2.05, 4.69) is 5.32 Å². The molecule has 0 saturated carbocycles. The Kier molecular flexibility index (Phi) is 6.46. The fourth-order valence-electron chi connectivity index (χ4n) is 2.25. The summed E-state index contributed by atoms with van der Waals surface area (Å²) in [7, 11) is 0. The van der Waals surface area contributed by atoms with E-state index in [1.807, 2.05) is 20.8 Å².